The Balaban J connectivity index is 1.75. The van der Waals surface area contributed by atoms with Crippen molar-refractivity contribution >= 4 is 23.5 Å². The van der Waals surface area contributed by atoms with E-state index >= 15 is 0 Å². The molecule has 0 fully saturated rings. The van der Waals surface area contributed by atoms with Crippen molar-refractivity contribution < 1.29 is 33.3 Å². The lowest BCUT2D eigenvalue weighted by Crippen LogP contribution is -2.48. The van der Waals surface area contributed by atoms with Gasteiger partial charge in [0.25, 0.3) is 5.91 Å². The Morgan fingerprint density at radius 1 is 1.18 bits per heavy atom. The van der Waals surface area contributed by atoms with Crippen LogP contribution in [0.2, 0.25) is 5.02 Å². The van der Waals surface area contributed by atoms with E-state index in [1.807, 2.05) is 0 Å². The van der Waals surface area contributed by atoms with Gasteiger partial charge in [-0.1, -0.05) is 35.9 Å². The van der Waals surface area contributed by atoms with Gasteiger partial charge in [-0.25, -0.2) is 9.18 Å². The van der Waals surface area contributed by atoms with Crippen LogP contribution in [0.15, 0.2) is 48.8 Å². The molecule has 3 aromatic rings. The number of aliphatic carboxylic acids is 1. The van der Waals surface area contributed by atoms with Crippen LogP contribution in [0, 0.1) is 11.6 Å². The maximum atomic E-state index is 14.2. The second-order valence-electron chi connectivity index (χ2n) is 7.14. The van der Waals surface area contributed by atoms with Crippen LogP contribution in [0.3, 0.4) is 0 Å². The van der Waals surface area contributed by atoms with E-state index in [4.69, 9.17) is 16.3 Å². The van der Waals surface area contributed by atoms with Gasteiger partial charge in [-0.3, -0.25) is 9.48 Å². The third-order valence-corrected chi connectivity index (χ3v) is 5.29. The highest BCUT2D eigenvalue weighted by Gasteiger charge is 2.29. The first-order chi connectivity index (χ1) is 15.7. The molecule has 3 rings (SSSR count). The van der Waals surface area contributed by atoms with E-state index < -0.39 is 35.7 Å². The van der Waals surface area contributed by atoms with Gasteiger partial charge in [0, 0.05) is 16.8 Å². The molecule has 0 aliphatic carbocycles. The number of carbonyl (C=O) groups is 2. The molecule has 33 heavy (non-hydrogen) atoms. The molecule has 0 aliphatic rings. The minimum Gasteiger partial charge on any atom is -0.494 e. The Labute approximate surface area is 192 Å². The number of methoxy groups -OCH3 is 1. The van der Waals surface area contributed by atoms with Crippen molar-refractivity contribution in [1.29, 1.82) is 0 Å². The largest absolute Gasteiger partial charge is 0.494 e. The van der Waals surface area contributed by atoms with Gasteiger partial charge in [0.1, 0.15) is 0 Å². The minimum absolute atomic E-state index is 0.0127. The van der Waals surface area contributed by atoms with Gasteiger partial charge in [-0.15, -0.1) is 0 Å². The first-order valence-corrected chi connectivity index (χ1v) is 10.1. The molecular weight excluding hydrogens is 460 g/mol. The SMILES string of the molecule is COc1ccc(Cn2cc(C(=O)NC(Cc3ccccc3Cl)C(O)C(=O)O)cn2)c(F)c1F. The molecule has 2 atom stereocenters. The highest BCUT2D eigenvalue weighted by Crippen LogP contribution is 2.23. The molecule has 2 unspecified atom stereocenters. The summed E-state index contributed by atoms with van der Waals surface area (Å²) in [5, 5.41) is 26.1. The van der Waals surface area contributed by atoms with Gasteiger partial charge in [0.05, 0.1) is 31.5 Å². The summed E-state index contributed by atoms with van der Waals surface area (Å²) in [4.78, 5) is 24.0. The van der Waals surface area contributed by atoms with Gasteiger partial charge in [-0.05, 0) is 24.1 Å². The standard InChI is InChI=1S/C22H20ClF2N3O5/c1-33-17-7-6-13(18(24)19(17)25)10-28-11-14(9-26-28)21(30)27-16(20(29)22(31)32)8-12-4-2-3-5-15(12)23/h2-7,9,11,16,20,29H,8,10H2,1H3,(H,27,30)(H,31,32). The lowest BCUT2D eigenvalue weighted by molar-refractivity contribution is -0.148. The number of aromatic nitrogens is 2. The van der Waals surface area contributed by atoms with Crippen molar-refractivity contribution in [3.8, 4) is 5.75 Å². The Morgan fingerprint density at radius 2 is 1.91 bits per heavy atom. The van der Waals surface area contributed by atoms with Crippen LogP contribution in [-0.2, 0) is 17.8 Å². The normalized spacial score (nSPS) is 12.8. The van der Waals surface area contributed by atoms with Gasteiger partial charge >= 0.3 is 5.97 Å². The van der Waals surface area contributed by atoms with Crippen molar-refractivity contribution in [2.24, 2.45) is 0 Å². The van der Waals surface area contributed by atoms with E-state index in [0.717, 1.165) is 0 Å². The Kier molecular flexibility index (Phi) is 7.62. The summed E-state index contributed by atoms with van der Waals surface area (Å²) in [7, 11) is 1.22. The van der Waals surface area contributed by atoms with Crippen molar-refractivity contribution in [2.75, 3.05) is 7.11 Å². The molecule has 1 amide bonds. The zero-order valence-electron chi connectivity index (χ0n) is 17.3. The van der Waals surface area contributed by atoms with Gasteiger partial charge in [0.15, 0.2) is 17.7 Å². The third kappa shape index (κ3) is 5.65. The number of carboxylic acid groups (broad SMARTS) is 1. The van der Waals surface area contributed by atoms with Crippen LogP contribution in [0.4, 0.5) is 8.78 Å². The third-order valence-electron chi connectivity index (χ3n) is 4.92. The summed E-state index contributed by atoms with van der Waals surface area (Å²) >= 11 is 6.11. The zero-order chi connectivity index (χ0) is 24.1. The zero-order valence-corrected chi connectivity index (χ0v) is 18.1. The van der Waals surface area contributed by atoms with E-state index in [1.54, 1.807) is 24.3 Å². The van der Waals surface area contributed by atoms with Gasteiger partial charge < -0.3 is 20.3 Å². The fourth-order valence-corrected chi connectivity index (χ4v) is 3.37. The Hall–Kier alpha value is -3.50. The number of halogens is 3. The monoisotopic (exact) mass is 479 g/mol. The molecular formula is C22H20ClF2N3O5. The number of aliphatic hydroxyl groups excluding tert-OH is 1. The van der Waals surface area contributed by atoms with E-state index in [2.05, 4.69) is 10.4 Å². The van der Waals surface area contributed by atoms with Gasteiger partial charge in [-0.2, -0.15) is 9.49 Å². The Morgan fingerprint density at radius 3 is 2.58 bits per heavy atom. The van der Waals surface area contributed by atoms with E-state index in [1.165, 1.54) is 36.3 Å². The molecule has 0 radical (unpaired) electrons. The summed E-state index contributed by atoms with van der Waals surface area (Å²) in [5.74, 6) is -4.69. The number of hydrogen-bond donors (Lipinski definition) is 3. The quantitative estimate of drug-likeness (QED) is 0.435. The van der Waals surface area contributed by atoms with Gasteiger partial charge in [0.2, 0.25) is 5.82 Å². The number of rotatable bonds is 9. The number of ether oxygens (including phenoxy) is 1. The smallest absolute Gasteiger partial charge is 0.334 e. The average Bonchev–Trinajstić information content (AvgIpc) is 3.26. The van der Waals surface area contributed by atoms with Crippen molar-refractivity contribution in [1.82, 2.24) is 15.1 Å². The maximum Gasteiger partial charge on any atom is 0.334 e. The first-order valence-electron chi connectivity index (χ1n) is 9.69. The molecule has 1 aromatic heterocycles. The average molecular weight is 480 g/mol. The second-order valence-corrected chi connectivity index (χ2v) is 7.55. The fourth-order valence-electron chi connectivity index (χ4n) is 3.16. The molecule has 0 saturated heterocycles. The van der Waals surface area contributed by atoms with E-state index in [9.17, 15) is 28.6 Å². The summed E-state index contributed by atoms with van der Waals surface area (Å²) in [6.45, 7) is -0.166. The van der Waals surface area contributed by atoms with Crippen LogP contribution in [0.1, 0.15) is 21.5 Å². The molecule has 0 aliphatic heterocycles. The molecule has 174 valence electrons. The number of nitrogens with one attached hydrogen (secondary N) is 1. The van der Waals surface area contributed by atoms with Crippen molar-refractivity contribution in [2.45, 2.75) is 25.1 Å². The predicted octanol–water partition coefficient (Wildman–Crippen LogP) is 2.66. The fraction of sp³-hybridized carbons (Fsp3) is 0.227. The molecule has 3 N–H and O–H groups in total. The van der Waals surface area contributed by atoms with Crippen LogP contribution >= 0.6 is 11.6 Å². The van der Waals surface area contributed by atoms with Crippen molar-refractivity contribution in [3.05, 3.63) is 82.1 Å². The predicted molar refractivity (Wildman–Crippen MR) is 114 cm³/mol. The highest BCUT2D eigenvalue weighted by molar-refractivity contribution is 6.31. The lowest BCUT2D eigenvalue weighted by atomic mass is 10.0. The number of aliphatic hydroxyl groups is 1. The van der Waals surface area contributed by atoms with Crippen LogP contribution in [0.5, 0.6) is 5.75 Å². The molecule has 0 saturated carbocycles. The number of benzene rings is 2. The highest BCUT2D eigenvalue weighted by atomic mass is 35.5. The van der Waals surface area contributed by atoms with Crippen LogP contribution in [0.25, 0.3) is 0 Å². The van der Waals surface area contributed by atoms with E-state index in [-0.39, 0.29) is 29.8 Å². The summed E-state index contributed by atoms with van der Waals surface area (Å²) in [6.07, 6.45) is 0.545. The molecule has 8 nitrogen and oxygen atoms in total. The summed E-state index contributed by atoms with van der Waals surface area (Å²) < 4.78 is 34.1. The summed E-state index contributed by atoms with van der Waals surface area (Å²) in [5.41, 5.74) is 0.560. The molecule has 11 heteroatoms. The molecule has 2 aromatic carbocycles. The van der Waals surface area contributed by atoms with Crippen LogP contribution in [-0.4, -0.2) is 51.1 Å². The number of nitrogens with zero attached hydrogens (tertiary/aromatic N) is 2. The minimum atomic E-state index is -1.89. The van der Waals surface area contributed by atoms with Crippen molar-refractivity contribution in [3.63, 3.8) is 0 Å². The lowest BCUT2D eigenvalue weighted by Gasteiger charge is -2.21. The molecule has 0 bridgehead atoms. The van der Waals surface area contributed by atoms with E-state index in [0.29, 0.717) is 10.6 Å². The second kappa shape index (κ2) is 10.4. The van der Waals surface area contributed by atoms with Crippen LogP contribution < -0.4 is 10.1 Å². The number of carbonyl (C=O) groups excluding carboxylic acids is 1. The topological polar surface area (TPSA) is 114 Å². The molecule has 0 spiro atoms. The number of hydrogen-bond acceptors (Lipinski definition) is 5. The maximum absolute atomic E-state index is 14.2. The summed E-state index contributed by atoms with van der Waals surface area (Å²) in [6, 6.07) is 8.06. The number of amides is 1. The molecule has 1 heterocycles. The Bertz CT molecular complexity index is 1170. The first kappa shape index (κ1) is 24.1. The number of carboxylic acids is 1.